The summed E-state index contributed by atoms with van der Waals surface area (Å²) in [6.07, 6.45) is 4.32. The highest BCUT2D eigenvalue weighted by Crippen LogP contribution is 2.24. The molecule has 92 valence electrons. The van der Waals surface area contributed by atoms with Gasteiger partial charge >= 0.3 is 0 Å². The summed E-state index contributed by atoms with van der Waals surface area (Å²) in [4.78, 5) is 3.78. The zero-order chi connectivity index (χ0) is 12.2. The monoisotopic (exact) mass is 245 g/mol. The van der Waals surface area contributed by atoms with E-state index in [2.05, 4.69) is 11.9 Å². The van der Waals surface area contributed by atoms with Gasteiger partial charge in [0.2, 0.25) is 10.0 Å². The molecule has 0 bridgehead atoms. The molecule has 1 fully saturated rings. The molecule has 6 heteroatoms. The van der Waals surface area contributed by atoms with Crippen molar-refractivity contribution in [2.45, 2.75) is 19.8 Å². The minimum atomic E-state index is -3.44. The Labute approximate surface area is 97.1 Å². The van der Waals surface area contributed by atoms with Gasteiger partial charge in [-0.3, -0.25) is 4.99 Å². The van der Waals surface area contributed by atoms with Crippen LogP contribution in [0.1, 0.15) is 19.8 Å². The lowest BCUT2D eigenvalue weighted by Gasteiger charge is -2.16. The molecule has 1 atom stereocenters. The number of hydrogen-bond acceptors (Lipinski definition) is 4. The lowest BCUT2D eigenvalue weighted by molar-refractivity contribution is 0.459. The second-order valence-corrected chi connectivity index (χ2v) is 5.82. The van der Waals surface area contributed by atoms with Gasteiger partial charge in [-0.2, -0.15) is 4.31 Å². The second-order valence-electron chi connectivity index (χ2n) is 3.88. The van der Waals surface area contributed by atoms with Crippen LogP contribution in [0.25, 0.3) is 0 Å². The number of aliphatic imine (C=N–C) groups is 1. The van der Waals surface area contributed by atoms with Crippen molar-refractivity contribution in [2.75, 3.05) is 20.1 Å². The molecule has 16 heavy (non-hydrogen) atoms. The van der Waals surface area contributed by atoms with Crippen molar-refractivity contribution >= 4 is 16.2 Å². The molecule has 0 amide bonds. The average Bonchev–Trinajstić information content (AvgIpc) is 2.74. The number of nitrogens with zero attached hydrogens (tertiary/aromatic N) is 2. The van der Waals surface area contributed by atoms with Crippen LogP contribution in [0.5, 0.6) is 0 Å². The molecule has 0 radical (unpaired) electrons. The summed E-state index contributed by atoms with van der Waals surface area (Å²) in [6, 6.07) is 0. The molecular weight excluding hydrogens is 226 g/mol. The minimum absolute atomic E-state index is 0.0757. The first-order valence-electron chi connectivity index (χ1n) is 5.40. The van der Waals surface area contributed by atoms with Gasteiger partial charge in [0.25, 0.3) is 0 Å². The van der Waals surface area contributed by atoms with Gasteiger partial charge in [-0.15, -0.1) is 0 Å². The van der Waals surface area contributed by atoms with Crippen molar-refractivity contribution < 1.29 is 8.42 Å². The van der Waals surface area contributed by atoms with Crippen molar-refractivity contribution in [1.29, 1.82) is 0 Å². The van der Waals surface area contributed by atoms with Crippen molar-refractivity contribution in [3.63, 3.8) is 0 Å². The highest BCUT2D eigenvalue weighted by molar-refractivity contribution is 7.93. The molecule has 0 aromatic carbocycles. The van der Waals surface area contributed by atoms with Gasteiger partial charge in [0.1, 0.15) is 4.91 Å². The molecule has 0 aromatic rings. The van der Waals surface area contributed by atoms with Crippen molar-refractivity contribution in [2.24, 2.45) is 16.6 Å². The summed E-state index contributed by atoms with van der Waals surface area (Å²) >= 11 is 0. The maximum absolute atomic E-state index is 12.1. The van der Waals surface area contributed by atoms with E-state index in [1.807, 2.05) is 0 Å². The van der Waals surface area contributed by atoms with Gasteiger partial charge in [0, 0.05) is 32.6 Å². The van der Waals surface area contributed by atoms with Crippen LogP contribution in [0.15, 0.2) is 16.1 Å². The van der Waals surface area contributed by atoms with Crippen LogP contribution in [0, 0.1) is 5.92 Å². The molecule has 0 aromatic heterocycles. The normalized spacial score (nSPS) is 24.4. The standard InChI is InChI=1S/C10H19N3O2S/c1-3-9-4-5-13(8-9)16(14,15)10(6-11)7-12-2/h6-7,9H,3-5,8,11H2,1-2H3/b10-6+,12-7?/t9-/m1/s1. The van der Waals surface area contributed by atoms with Gasteiger partial charge in [-0.1, -0.05) is 13.3 Å². The Hall–Kier alpha value is -0.880. The fourth-order valence-corrected chi connectivity index (χ4v) is 3.28. The van der Waals surface area contributed by atoms with Crippen LogP contribution < -0.4 is 5.73 Å². The second kappa shape index (κ2) is 5.45. The molecule has 1 saturated heterocycles. The largest absolute Gasteiger partial charge is 0.403 e. The summed E-state index contributed by atoms with van der Waals surface area (Å²) in [5, 5.41) is 0. The fourth-order valence-electron chi connectivity index (χ4n) is 1.82. The number of rotatable bonds is 4. The number of nitrogens with two attached hydrogens (primary N) is 1. The van der Waals surface area contributed by atoms with E-state index in [0.29, 0.717) is 19.0 Å². The zero-order valence-corrected chi connectivity index (χ0v) is 10.6. The van der Waals surface area contributed by atoms with Crippen LogP contribution in [0.2, 0.25) is 0 Å². The molecule has 0 saturated carbocycles. The third kappa shape index (κ3) is 2.62. The molecule has 2 N–H and O–H groups in total. The van der Waals surface area contributed by atoms with Gasteiger partial charge in [-0.05, 0) is 12.3 Å². The van der Waals surface area contributed by atoms with Crippen LogP contribution >= 0.6 is 0 Å². The highest BCUT2D eigenvalue weighted by atomic mass is 32.2. The van der Waals surface area contributed by atoms with E-state index in [1.54, 1.807) is 0 Å². The van der Waals surface area contributed by atoms with Gasteiger partial charge in [0.15, 0.2) is 0 Å². The smallest absolute Gasteiger partial charge is 0.246 e. The van der Waals surface area contributed by atoms with Gasteiger partial charge in [0.05, 0.1) is 0 Å². The number of allylic oxidation sites excluding steroid dienone is 1. The first-order valence-corrected chi connectivity index (χ1v) is 6.84. The predicted molar refractivity (Wildman–Crippen MR) is 65.6 cm³/mol. The van der Waals surface area contributed by atoms with E-state index in [0.717, 1.165) is 19.0 Å². The zero-order valence-electron chi connectivity index (χ0n) is 9.76. The Morgan fingerprint density at radius 1 is 1.62 bits per heavy atom. The molecular formula is C10H19N3O2S. The first kappa shape index (κ1) is 13.2. The molecule has 5 nitrogen and oxygen atoms in total. The summed E-state index contributed by atoms with van der Waals surface area (Å²) < 4.78 is 25.7. The van der Waals surface area contributed by atoms with E-state index in [9.17, 15) is 8.42 Å². The molecule has 1 aliphatic heterocycles. The SMILES string of the molecule is CC[C@@H]1CCN(S(=O)(=O)/C(C=NC)=C/N)C1. The van der Waals surface area contributed by atoms with Gasteiger partial charge in [-0.25, -0.2) is 8.42 Å². The van der Waals surface area contributed by atoms with E-state index in [-0.39, 0.29) is 4.91 Å². The summed E-state index contributed by atoms with van der Waals surface area (Å²) in [5.41, 5.74) is 5.32. The molecule has 0 spiro atoms. The van der Waals surface area contributed by atoms with Gasteiger partial charge < -0.3 is 5.73 Å². The maximum atomic E-state index is 12.1. The summed E-state index contributed by atoms with van der Waals surface area (Å²) in [5.74, 6) is 0.465. The average molecular weight is 245 g/mol. The molecule has 0 aliphatic carbocycles. The first-order chi connectivity index (χ1) is 7.56. The molecule has 0 unspecified atom stereocenters. The maximum Gasteiger partial charge on any atom is 0.246 e. The Morgan fingerprint density at radius 2 is 2.31 bits per heavy atom. The Bertz CT molecular complexity index is 387. The highest BCUT2D eigenvalue weighted by Gasteiger charge is 2.32. The summed E-state index contributed by atoms with van der Waals surface area (Å²) in [7, 11) is -1.91. The number of sulfonamides is 1. The topological polar surface area (TPSA) is 75.8 Å². The van der Waals surface area contributed by atoms with Crippen LogP contribution in [0.4, 0.5) is 0 Å². The van der Waals surface area contributed by atoms with E-state index in [1.165, 1.54) is 17.6 Å². The minimum Gasteiger partial charge on any atom is -0.403 e. The van der Waals surface area contributed by atoms with Crippen LogP contribution in [-0.4, -0.2) is 39.1 Å². The van der Waals surface area contributed by atoms with E-state index < -0.39 is 10.0 Å². The number of hydrogen-bond donors (Lipinski definition) is 1. The van der Waals surface area contributed by atoms with Crippen LogP contribution in [-0.2, 0) is 10.0 Å². The van der Waals surface area contributed by atoms with E-state index in [4.69, 9.17) is 5.73 Å². The molecule has 1 rings (SSSR count). The third-order valence-corrected chi connectivity index (χ3v) is 4.73. The Balaban J connectivity index is 2.87. The Kier molecular flexibility index (Phi) is 4.49. The molecule has 1 heterocycles. The van der Waals surface area contributed by atoms with Crippen molar-refractivity contribution in [1.82, 2.24) is 4.31 Å². The lowest BCUT2D eigenvalue weighted by Crippen LogP contribution is -2.30. The van der Waals surface area contributed by atoms with Crippen LogP contribution in [0.3, 0.4) is 0 Å². The quantitative estimate of drug-likeness (QED) is 0.735. The van der Waals surface area contributed by atoms with E-state index >= 15 is 0 Å². The summed E-state index contributed by atoms with van der Waals surface area (Å²) in [6.45, 7) is 3.25. The fraction of sp³-hybridized carbons (Fsp3) is 0.700. The molecule has 1 aliphatic rings. The third-order valence-electron chi connectivity index (χ3n) is 2.88. The predicted octanol–water partition coefficient (Wildman–Crippen LogP) is 0.549. The Morgan fingerprint density at radius 3 is 2.75 bits per heavy atom. The van der Waals surface area contributed by atoms with Crippen molar-refractivity contribution in [3.05, 3.63) is 11.1 Å². The van der Waals surface area contributed by atoms with Crippen molar-refractivity contribution in [3.8, 4) is 0 Å². The lowest BCUT2D eigenvalue weighted by atomic mass is 10.1.